The van der Waals surface area contributed by atoms with Gasteiger partial charge >= 0.3 is 5.97 Å². The highest BCUT2D eigenvalue weighted by molar-refractivity contribution is 6.18. The molecule has 1 aromatic heterocycles. The number of carbonyl (C=O) groups is 1. The van der Waals surface area contributed by atoms with E-state index in [1.807, 2.05) is 24.3 Å². The van der Waals surface area contributed by atoms with Crippen LogP contribution in [0.25, 0.3) is 32.8 Å². The first-order chi connectivity index (χ1) is 17.7. The lowest BCUT2D eigenvalue weighted by atomic mass is 10.0. The number of fused-ring (bicyclic) bond motifs is 4. The number of methoxy groups -OCH3 is 2. The summed E-state index contributed by atoms with van der Waals surface area (Å²) in [6.45, 7) is 5.42. The van der Waals surface area contributed by atoms with Gasteiger partial charge in [-0.25, -0.2) is 14.8 Å². The largest absolute Gasteiger partial charge is 0.494 e. The van der Waals surface area contributed by atoms with Crippen LogP contribution in [-0.4, -0.2) is 67.9 Å². The first kappa shape index (κ1) is 24.1. The van der Waals surface area contributed by atoms with E-state index in [1.165, 1.54) is 19.3 Å². The molecule has 8 heteroatoms. The first-order valence-corrected chi connectivity index (χ1v) is 12.5. The summed E-state index contributed by atoms with van der Waals surface area (Å²) < 4.78 is 23.0. The zero-order chi connectivity index (χ0) is 25.1. The van der Waals surface area contributed by atoms with Crippen molar-refractivity contribution in [2.24, 2.45) is 0 Å². The summed E-state index contributed by atoms with van der Waals surface area (Å²) in [5.41, 5.74) is 2.34. The molecule has 0 saturated carbocycles. The van der Waals surface area contributed by atoms with Crippen molar-refractivity contribution in [3.8, 4) is 17.2 Å². The van der Waals surface area contributed by atoms with Crippen LogP contribution in [0.4, 0.5) is 0 Å². The van der Waals surface area contributed by atoms with E-state index < -0.39 is 5.97 Å². The number of carbonyl (C=O) groups excluding carboxylic acids is 1. The Morgan fingerprint density at radius 1 is 0.861 bits per heavy atom. The number of nitrogens with zero attached hydrogens (tertiary/aromatic N) is 3. The first-order valence-electron chi connectivity index (χ1n) is 12.5. The minimum Gasteiger partial charge on any atom is -0.494 e. The quantitative estimate of drug-likeness (QED) is 0.194. The third-order valence-corrected chi connectivity index (χ3v) is 6.66. The van der Waals surface area contributed by atoms with E-state index in [0.717, 1.165) is 30.4 Å². The molecular weight excluding hydrogens is 458 g/mol. The average molecular weight is 490 g/mol. The Hall–Kier alpha value is -3.65. The van der Waals surface area contributed by atoms with Crippen molar-refractivity contribution in [3.05, 3.63) is 42.0 Å². The molecule has 188 valence electrons. The molecule has 3 aromatic carbocycles. The van der Waals surface area contributed by atoms with Crippen molar-refractivity contribution in [1.82, 2.24) is 14.9 Å². The zero-order valence-electron chi connectivity index (χ0n) is 21.0. The van der Waals surface area contributed by atoms with Gasteiger partial charge in [0.1, 0.15) is 46.0 Å². The van der Waals surface area contributed by atoms with Gasteiger partial charge in [-0.05, 0) is 45.0 Å². The summed E-state index contributed by atoms with van der Waals surface area (Å²) in [6.07, 6.45) is 3.70. The van der Waals surface area contributed by atoms with Crippen molar-refractivity contribution in [2.75, 3.05) is 47.1 Å². The Balaban J connectivity index is 1.74. The van der Waals surface area contributed by atoms with E-state index >= 15 is 0 Å². The molecule has 36 heavy (non-hydrogen) atoms. The van der Waals surface area contributed by atoms with Gasteiger partial charge in [-0.1, -0.05) is 30.7 Å². The zero-order valence-corrected chi connectivity index (χ0v) is 21.0. The van der Waals surface area contributed by atoms with Crippen molar-refractivity contribution in [3.63, 3.8) is 0 Å². The van der Waals surface area contributed by atoms with Gasteiger partial charge in [0, 0.05) is 17.3 Å². The van der Waals surface area contributed by atoms with E-state index in [0.29, 0.717) is 45.9 Å². The highest BCUT2D eigenvalue weighted by Gasteiger charge is 2.26. The number of hydrogen-bond donors (Lipinski definition) is 0. The van der Waals surface area contributed by atoms with Crippen LogP contribution in [0.15, 0.2) is 36.4 Å². The van der Waals surface area contributed by atoms with Gasteiger partial charge in [0.15, 0.2) is 0 Å². The number of likely N-dealkylation sites (tertiary alicyclic amines) is 1. The van der Waals surface area contributed by atoms with Crippen LogP contribution in [0.3, 0.4) is 0 Å². The second kappa shape index (κ2) is 10.5. The maximum absolute atomic E-state index is 13.4. The Kier molecular flexibility index (Phi) is 7.04. The SMILES string of the molecule is CCOC(=O)c1c(OCCN2CCCCC2)c2ccccc2c2nc3c(OC)ccc(OC)c3nc12. The van der Waals surface area contributed by atoms with E-state index in [2.05, 4.69) is 4.90 Å². The van der Waals surface area contributed by atoms with E-state index in [-0.39, 0.29) is 12.2 Å². The number of hydrogen-bond acceptors (Lipinski definition) is 8. The van der Waals surface area contributed by atoms with Crippen LogP contribution in [0, 0.1) is 0 Å². The van der Waals surface area contributed by atoms with Gasteiger partial charge in [-0.3, -0.25) is 4.90 Å². The second-order valence-corrected chi connectivity index (χ2v) is 8.81. The number of aromatic nitrogens is 2. The van der Waals surface area contributed by atoms with Crippen LogP contribution in [-0.2, 0) is 4.74 Å². The molecule has 0 spiro atoms. The number of piperidine rings is 1. The molecular formula is C28H31N3O5. The summed E-state index contributed by atoms with van der Waals surface area (Å²) in [4.78, 5) is 25.6. The number of ether oxygens (including phenoxy) is 4. The second-order valence-electron chi connectivity index (χ2n) is 8.81. The Labute approximate surface area is 210 Å². The lowest BCUT2D eigenvalue weighted by molar-refractivity contribution is 0.0523. The Bertz CT molecular complexity index is 1420. The van der Waals surface area contributed by atoms with Crippen LogP contribution in [0.2, 0.25) is 0 Å². The van der Waals surface area contributed by atoms with Crippen molar-refractivity contribution in [2.45, 2.75) is 26.2 Å². The van der Waals surface area contributed by atoms with E-state index in [9.17, 15) is 4.79 Å². The standard InChI is InChI=1S/C28H31N3O5/c1-4-35-28(32)22-26-23(29-24-20(33-2)12-13-21(34-3)25(24)30-26)18-10-6-7-11-19(18)27(22)36-17-16-31-14-8-5-9-15-31/h6-7,10-13H,4-5,8-9,14-17H2,1-3H3. The summed E-state index contributed by atoms with van der Waals surface area (Å²) >= 11 is 0. The molecule has 0 N–H and O–H groups in total. The van der Waals surface area contributed by atoms with E-state index in [1.54, 1.807) is 33.3 Å². The minimum atomic E-state index is -0.489. The smallest absolute Gasteiger partial charge is 0.344 e. The van der Waals surface area contributed by atoms with Crippen molar-refractivity contribution in [1.29, 1.82) is 0 Å². The van der Waals surface area contributed by atoms with Crippen molar-refractivity contribution >= 4 is 38.8 Å². The molecule has 8 nitrogen and oxygen atoms in total. The summed E-state index contributed by atoms with van der Waals surface area (Å²) in [7, 11) is 3.17. The maximum atomic E-state index is 13.4. The fraction of sp³-hybridized carbons (Fsp3) is 0.393. The molecule has 4 aromatic rings. The Morgan fingerprint density at radius 2 is 1.50 bits per heavy atom. The number of rotatable bonds is 8. The van der Waals surface area contributed by atoms with Gasteiger partial charge in [0.05, 0.1) is 26.3 Å². The maximum Gasteiger partial charge on any atom is 0.344 e. The van der Waals surface area contributed by atoms with Gasteiger partial charge in [-0.2, -0.15) is 0 Å². The van der Waals surface area contributed by atoms with Crippen LogP contribution < -0.4 is 14.2 Å². The molecule has 2 heterocycles. The molecule has 1 fully saturated rings. The monoisotopic (exact) mass is 489 g/mol. The average Bonchev–Trinajstić information content (AvgIpc) is 2.92. The summed E-state index contributed by atoms with van der Waals surface area (Å²) in [5, 5.41) is 1.63. The molecule has 0 unspecified atom stereocenters. The molecule has 0 bridgehead atoms. The van der Waals surface area contributed by atoms with Gasteiger partial charge in [0.2, 0.25) is 0 Å². The molecule has 0 atom stereocenters. The molecule has 0 aliphatic carbocycles. The van der Waals surface area contributed by atoms with Gasteiger partial charge < -0.3 is 18.9 Å². The molecule has 1 aliphatic rings. The highest BCUT2D eigenvalue weighted by Crippen LogP contribution is 2.40. The van der Waals surface area contributed by atoms with Crippen LogP contribution >= 0.6 is 0 Å². The summed E-state index contributed by atoms with van der Waals surface area (Å²) in [5.74, 6) is 1.10. The van der Waals surface area contributed by atoms with Crippen LogP contribution in [0.5, 0.6) is 17.2 Å². The minimum absolute atomic E-state index is 0.235. The normalized spacial score (nSPS) is 14.3. The summed E-state index contributed by atoms with van der Waals surface area (Å²) in [6, 6.07) is 11.4. The topological polar surface area (TPSA) is 83.0 Å². The lowest BCUT2D eigenvalue weighted by Crippen LogP contribution is -2.33. The Morgan fingerprint density at radius 3 is 2.14 bits per heavy atom. The van der Waals surface area contributed by atoms with Crippen molar-refractivity contribution < 1.29 is 23.7 Å². The number of esters is 1. The number of benzene rings is 3. The van der Waals surface area contributed by atoms with Gasteiger partial charge in [-0.15, -0.1) is 0 Å². The molecule has 5 rings (SSSR count). The molecule has 0 radical (unpaired) electrons. The van der Waals surface area contributed by atoms with Gasteiger partial charge in [0.25, 0.3) is 0 Å². The molecule has 1 aliphatic heterocycles. The van der Waals surface area contributed by atoms with Crippen LogP contribution in [0.1, 0.15) is 36.5 Å². The lowest BCUT2D eigenvalue weighted by Gasteiger charge is -2.26. The predicted octanol–water partition coefficient (Wildman–Crippen LogP) is 4.99. The van der Waals surface area contributed by atoms with E-state index in [4.69, 9.17) is 28.9 Å². The fourth-order valence-corrected chi connectivity index (χ4v) is 4.91. The molecule has 0 amide bonds. The third-order valence-electron chi connectivity index (χ3n) is 6.66. The third kappa shape index (κ3) is 4.37. The fourth-order valence-electron chi connectivity index (χ4n) is 4.91. The predicted molar refractivity (Wildman–Crippen MR) is 139 cm³/mol. The highest BCUT2D eigenvalue weighted by atomic mass is 16.5. The molecule has 1 saturated heterocycles.